The van der Waals surface area contributed by atoms with Crippen molar-refractivity contribution in [2.45, 2.75) is 12.5 Å². The van der Waals surface area contributed by atoms with Crippen molar-refractivity contribution < 1.29 is 13.2 Å². The molecule has 1 aliphatic rings. The summed E-state index contributed by atoms with van der Waals surface area (Å²) < 4.78 is 23.1. The number of amides is 1. The van der Waals surface area contributed by atoms with Crippen LogP contribution in [0.2, 0.25) is 0 Å². The van der Waals surface area contributed by atoms with Gasteiger partial charge in [-0.3, -0.25) is 4.79 Å². The highest BCUT2D eigenvalue weighted by atomic mass is 32.2. The monoisotopic (exact) mass is 319 g/mol. The van der Waals surface area contributed by atoms with Crippen molar-refractivity contribution in [1.82, 2.24) is 14.9 Å². The van der Waals surface area contributed by atoms with Crippen LogP contribution in [-0.4, -0.2) is 53.8 Å². The molecule has 2 aromatic rings. The van der Waals surface area contributed by atoms with Gasteiger partial charge in [-0.15, -0.1) is 0 Å². The van der Waals surface area contributed by atoms with Crippen LogP contribution in [0.5, 0.6) is 0 Å². The van der Waals surface area contributed by atoms with Gasteiger partial charge in [-0.25, -0.2) is 13.4 Å². The molecule has 3 rings (SSSR count). The number of rotatable bonds is 3. The molecule has 0 bridgehead atoms. The Morgan fingerprint density at radius 1 is 1.32 bits per heavy atom. The van der Waals surface area contributed by atoms with E-state index in [9.17, 15) is 13.2 Å². The zero-order valence-electron chi connectivity index (χ0n) is 12.2. The molecule has 22 heavy (non-hydrogen) atoms. The van der Waals surface area contributed by atoms with Crippen molar-refractivity contribution >= 4 is 15.7 Å². The van der Waals surface area contributed by atoms with Crippen molar-refractivity contribution in [2.24, 2.45) is 0 Å². The first kappa shape index (κ1) is 14.8. The topological polar surface area (TPSA) is 83.1 Å². The summed E-state index contributed by atoms with van der Waals surface area (Å²) in [5, 5.41) is 0. The van der Waals surface area contributed by atoms with Gasteiger partial charge in [0.05, 0.1) is 11.5 Å². The zero-order chi connectivity index (χ0) is 15.7. The van der Waals surface area contributed by atoms with E-state index in [2.05, 4.69) is 9.97 Å². The molecular formula is C15H17N3O3S. The Balaban J connectivity index is 1.75. The molecular weight excluding hydrogens is 302 g/mol. The Hall–Kier alpha value is -2.15. The van der Waals surface area contributed by atoms with Crippen LogP contribution in [0, 0.1) is 0 Å². The van der Waals surface area contributed by atoms with Crippen LogP contribution in [0.3, 0.4) is 0 Å². The Labute approximate surface area is 129 Å². The van der Waals surface area contributed by atoms with Crippen molar-refractivity contribution in [3.63, 3.8) is 0 Å². The zero-order valence-corrected chi connectivity index (χ0v) is 13.0. The second-order valence-corrected chi connectivity index (χ2v) is 7.72. The number of H-pyrrole nitrogens is 1. The molecule has 7 heteroatoms. The van der Waals surface area contributed by atoms with Crippen LogP contribution in [0.1, 0.15) is 16.8 Å². The third kappa shape index (κ3) is 2.89. The second kappa shape index (κ2) is 5.57. The summed E-state index contributed by atoms with van der Waals surface area (Å²) in [6.45, 7) is 0. The van der Waals surface area contributed by atoms with Crippen molar-refractivity contribution in [3.05, 3.63) is 42.2 Å². The minimum Gasteiger partial charge on any atom is -0.345 e. The summed E-state index contributed by atoms with van der Waals surface area (Å²) in [4.78, 5) is 21.1. The van der Waals surface area contributed by atoms with Gasteiger partial charge >= 0.3 is 0 Å². The highest BCUT2D eigenvalue weighted by Gasteiger charge is 2.32. The molecule has 1 aromatic carbocycles. The SMILES string of the molecule is CN(C(=O)c1ccc(-c2ncc[nH]2)cc1)C1CCS(=O)(=O)C1. The summed E-state index contributed by atoms with van der Waals surface area (Å²) in [5.41, 5.74) is 1.44. The Bertz CT molecular complexity index is 767. The molecule has 1 saturated heterocycles. The van der Waals surface area contributed by atoms with E-state index < -0.39 is 9.84 Å². The molecule has 1 amide bonds. The summed E-state index contributed by atoms with van der Waals surface area (Å²) in [5.74, 6) is 0.800. The average Bonchev–Trinajstić information content (AvgIpc) is 3.15. The van der Waals surface area contributed by atoms with Crippen LogP contribution in [-0.2, 0) is 9.84 Å². The van der Waals surface area contributed by atoms with Gasteiger partial charge in [0.2, 0.25) is 0 Å². The number of carbonyl (C=O) groups excluding carboxylic acids is 1. The Morgan fingerprint density at radius 2 is 2.05 bits per heavy atom. The fourth-order valence-corrected chi connectivity index (χ4v) is 4.42. The molecule has 0 radical (unpaired) electrons. The summed E-state index contributed by atoms with van der Waals surface area (Å²) >= 11 is 0. The van der Waals surface area contributed by atoms with E-state index in [1.165, 1.54) is 4.90 Å². The van der Waals surface area contributed by atoms with Gasteiger partial charge in [0.1, 0.15) is 5.82 Å². The van der Waals surface area contributed by atoms with E-state index in [1.54, 1.807) is 31.6 Å². The fraction of sp³-hybridized carbons (Fsp3) is 0.333. The third-order valence-electron chi connectivity index (χ3n) is 3.98. The molecule has 1 aromatic heterocycles. The normalized spacial score (nSPS) is 20.0. The molecule has 1 N–H and O–H groups in total. The van der Waals surface area contributed by atoms with E-state index in [-0.39, 0.29) is 23.5 Å². The molecule has 1 atom stereocenters. The fourth-order valence-electron chi connectivity index (χ4n) is 2.64. The molecule has 0 saturated carbocycles. The molecule has 6 nitrogen and oxygen atoms in total. The number of nitrogens with zero attached hydrogens (tertiary/aromatic N) is 2. The first-order chi connectivity index (χ1) is 10.5. The molecule has 0 aliphatic carbocycles. The smallest absolute Gasteiger partial charge is 0.253 e. The Morgan fingerprint density at radius 3 is 2.59 bits per heavy atom. The number of carbonyl (C=O) groups is 1. The highest BCUT2D eigenvalue weighted by Crippen LogP contribution is 2.20. The lowest BCUT2D eigenvalue weighted by atomic mass is 10.1. The number of hydrogen-bond acceptors (Lipinski definition) is 4. The van der Waals surface area contributed by atoms with Crippen LogP contribution in [0.15, 0.2) is 36.7 Å². The van der Waals surface area contributed by atoms with Crippen molar-refractivity contribution in [1.29, 1.82) is 0 Å². The van der Waals surface area contributed by atoms with Gasteiger partial charge in [0, 0.05) is 36.6 Å². The van der Waals surface area contributed by atoms with E-state index in [0.717, 1.165) is 11.4 Å². The lowest BCUT2D eigenvalue weighted by molar-refractivity contribution is 0.0747. The van der Waals surface area contributed by atoms with Crippen molar-refractivity contribution in [3.8, 4) is 11.4 Å². The maximum Gasteiger partial charge on any atom is 0.253 e. The van der Waals surface area contributed by atoms with E-state index >= 15 is 0 Å². The minimum absolute atomic E-state index is 0.0553. The predicted octanol–water partition coefficient (Wildman–Crippen LogP) is 1.34. The first-order valence-corrected chi connectivity index (χ1v) is 8.86. The largest absolute Gasteiger partial charge is 0.345 e. The van der Waals surface area contributed by atoms with Crippen LogP contribution in [0.25, 0.3) is 11.4 Å². The molecule has 1 aliphatic heterocycles. The van der Waals surface area contributed by atoms with Crippen LogP contribution >= 0.6 is 0 Å². The molecule has 116 valence electrons. The summed E-state index contributed by atoms with van der Waals surface area (Å²) in [6, 6.07) is 6.89. The number of imidazole rings is 1. The summed E-state index contributed by atoms with van der Waals surface area (Å²) in [6.07, 6.45) is 3.92. The van der Waals surface area contributed by atoms with Gasteiger partial charge in [0.15, 0.2) is 9.84 Å². The lowest BCUT2D eigenvalue weighted by Crippen LogP contribution is -2.37. The number of hydrogen-bond donors (Lipinski definition) is 1. The molecule has 2 heterocycles. The van der Waals surface area contributed by atoms with Crippen LogP contribution in [0.4, 0.5) is 0 Å². The number of aromatic nitrogens is 2. The number of sulfone groups is 1. The molecule has 1 unspecified atom stereocenters. The van der Waals surface area contributed by atoms with Crippen molar-refractivity contribution in [2.75, 3.05) is 18.6 Å². The first-order valence-electron chi connectivity index (χ1n) is 7.04. The number of nitrogens with one attached hydrogen (secondary N) is 1. The van der Waals surface area contributed by atoms with Gasteiger partial charge in [-0.1, -0.05) is 12.1 Å². The number of aromatic amines is 1. The minimum atomic E-state index is -3.00. The standard InChI is InChI=1S/C15H17N3O3S/c1-18(13-6-9-22(20,21)10-13)15(19)12-4-2-11(3-5-12)14-16-7-8-17-14/h2-5,7-8,13H,6,9-10H2,1H3,(H,16,17). The van der Waals surface area contributed by atoms with Gasteiger partial charge in [-0.05, 0) is 18.6 Å². The second-order valence-electron chi connectivity index (χ2n) is 5.49. The maximum absolute atomic E-state index is 12.4. The highest BCUT2D eigenvalue weighted by molar-refractivity contribution is 7.91. The Kier molecular flexibility index (Phi) is 3.74. The van der Waals surface area contributed by atoms with Crippen LogP contribution < -0.4 is 0 Å². The van der Waals surface area contributed by atoms with E-state index in [1.807, 2.05) is 12.1 Å². The number of benzene rings is 1. The summed E-state index contributed by atoms with van der Waals surface area (Å²) in [7, 11) is -1.34. The van der Waals surface area contributed by atoms with Gasteiger partial charge in [0.25, 0.3) is 5.91 Å². The lowest BCUT2D eigenvalue weighted by Gasteiger charge is -2.23. The van der Waals surface area contributed by atoms with E-state index in [4.69, 9.17) is 0 Å². The molecule has 1 fully saturated rings. The quantitative estimate of drug-likeness (QED) is 0.925. The maximum atomic E-state index is 12.4. The average molecular weight is 319 g/mol. The predicted molar refractivity (Wildman–Crippen MR) is 83.2 cm³/mol. The van der Waals surface area contributed by atoms with Gasteiger partial charge < -0.3 is 9.88 Å². The molecule has 0 spiro atoms. The van der Waals surface area contributed by atoms with Gasteiger partial charge in [-0.2, -0.15) is 0 Å². The third-order valence-corrected chi connectivity index (χ3v) is 5.73. The van der Waals surface area contributed by atoms with E-state index in [0.29, 0.717) is 12.0 Å².